The van der Waals surface area contributed by atoms with Gasteiger partial charge in [-0.25, -0.2) is 14.6 Å². The van der Waals surface area contributed by atoms with E-state index in [1.165, 1.54) is 20.0 Å². The van der Waals surface area contributed by atoms with Crippen molar-refractivity contribution in [2.75, 3.05) is 7.11 Å². The summed E-state index contributed by atoms with van der Waals surface area (Å²) in [6.45, 7) is 2.71. The van der Waals surface area contributed by atoms with E-state index in [4.69, 9.17) is 4.74 Å². The van der Waals surface area contributed by atoms with Gasteiger partial charge in [-0.3, -0.25) is 0 Å². The number of ether oxygens (including phenoxy) is 1. The van der Waals surface area contributed by atoms with Gasteiger partial charge in [0.2, 0.25) is 0 Å². The molecule has 0 saturated heterocycles. The molecule has 2 aromatic rings. The Kier molecular flexibility index (Phi) is 8.04. The van der Waals surface area contributed by atoms with Gasteiger partial charge >= 0.3 is 11.9 Å². The van der Waals surface area contributed by atoms with Gasteiger partial charge in [-0.2, -0.15) is 0 Å². The average molecular weight is 425 g/mol. The van der Waals surface area contributed by atoms with Gasteiger partial charge in [-0.05, 0) is 42.5 Å². The van der Waals surface area contributed by atoms with Gasteiger partial charge in [0.25, 0.3) is 0 Å². The fourth-order valence-corrected chi connectivity index (χ4v) is 4.22. The Morgan fingerprint density at radius 1 is 1.23 bits per heavy atom. The third-order valence-electron chi connectivity index (χ3n) is 6.02. The molecule has 31 heavy (non-hydrogen) atoms. The zero-order chi connectivity index (χ0) is 22.2. The number of carboxylic acid groups (broad SMARTS) is 1. The van der Waals surface area contributed by atoms with Crippen LogP contribution in [0.2, 0.25) is 0 Å². The maximum Gasteiger partial charge on any atom is 0.337 e. The lowest BCUT2D eigenvalue weighted by molar-refractivity contribution is -0.132. The molecule has 1 fully saturated rings. The van der Waals surface area contributed by atoms with Crippen LogP contribution in [-0.2, 0) is 22.5 Å². The minimum Gasteiger partial charge on any atom is -0.478 e. The zero-order valence-corrected chi connectivity index (χ0v) is 18.5. The summed E-state index contributed by atoms with van der Waals surface area (Å²) >= 11 is 0. The first-order valence-electron chi connectivity index (χ1n) is 11.2. The van der Waals surface area contributed by atoms with Crippen LogP contribution >= 0.6 is 0 Å². The average Bonchev–Trinajstić information content (AvgIpc) is 3.42. The van der Waals surface area contributed by atoms with Crippen molar-refractivity contribution in [1.29, 1.82) is 0 Å². The van der Waals surface area contributed by atoms with E-state index in [0.717, 1.165) is 49.2 Å². The summed E-state index contributed by atoms with van der Waals surface area (Å²) in [5, 5.41) is 9.79. The number of aliphatic carboxylic acids is 1. The normalized spacial score (nSPS) is 14.7. The highest BCUT2D eigenvalue weighted by molar-refractivity contribution is 5.92. The smallest absolute Gasteiger partial charge is 0.337 e. The molecule has 1 heterocycles. The van der Waals surface area contributed by atoms with Crippen LogP contribution in [0, 0.1) is 5.92 Å². The third kappa shape index (κ3) is 6.06. The Bertz CT molecular complexity index is 921. The van der Waals surface area contributed by atoms with Gasteiger partial charge in [0.05, 0.1) is 24.6 Å². The highest BCUT2D eigenvalue weighted by atomic mass is 16.5. The van der Waals surface area contributed by atoms with E-state index >= 15 is 0 Å². The topological polar surface area (TPSA) is 81.4 Å². The van der Waals surface area contributed by atoms with Gasteiger partial charge in [0.1, 0.15) is 5.82 Å². The van der Waals surface area contributed by atoms with Gasteiger partial charge < -0.3 is 14.4 Å². The Labute approximate surface area is 184 Å². The Morgan fingerprint density at radius 3 is 2.55 bits per heavy atom. The summed E-state index contributed by atoms with van der Waals surface area (Å²) in [5.74, 6) is 0.205. The highest BCUT2D eigenvalue weighted by Gasteiger charge is 2.20. The number of aromatic nitrogens is 2. The van der Waals surface area contributed by atoms with Crippen molar-refractivity contribution in [3.63, 3.8) is 0 Å². The number of aryl methyl sites for hydroxylation is 1. The van der Waals surface area contributed by atoms with Gasteiger partial charge in [0.15, 0.2) is 0 Å². The SMILES string of the molecule is CCCCc1ncc(C=C(CC2CCCC2)C(=O)O)n1Cc1ccc(C(=O)OC)cc1. The molecule has 1 aliphatic rings. The number of nitrogens with zero attached hydrogens (tertiary/aromatic N) is 2. The molecule has 166 valence electrons. The first-order chi connectivity index (χ1) is 15.0. The third-order valence-corrected chi connectivity index (χ3v) is 6.02. The molecule has 6 nitrogen and oxygen atoms in total. The van der Waals surface area contributed by atoms with Crippen LogP contribution < -0.4 is 0 Å². The number of esters is 1. The fourth-order valence-electron chi connectivity index (χ4n) is 4.22. The van der Waals surface area contributed by atoms with E-state index in [9.17, 15) is 14.7 Å². The summed E-state index contributed by atoms with van der Waals surface area (Å²) in [7, 11) is 1.37. The summed E-state index contributed by atoms with van der Waals surface area (Å²) in [4.78, 5) is 28.2. The standard InChI is InChI=1S/C25H32N2O4/c1-3-4-9-23-26-16-22(15-21(24(28)29)14-18-7-5-6-8-18)27(23)17-19-10-12-20(13-11-19)25(30)31-2/h10-13,15-16,18H,3-9,14,17H2,1-2H3,(H,28,29). The van der Waals surface area contributed by atoms with Crippen LogP contribution in [0.5, 0.6) is 0 Å². The highest BCUT2D eigenvalue weighted by Crippen LogP contribution is 2.31. The van der Waals surface area contributed by atoms with Gasteiger partial charge in [-0.15, -0.1) is 0 Å². The van der Waals surface area contributed by atoms with E-state index in [-0.39, 0.29) is 5.97 Å². The molecule has 1 aromatic carbocycles. The number of benzene rings is 1. The van der Waals surface area contributed by atoms with E-state index in [0.29, 0.717) is 30.0 Å². The van der Waals surface area contributed by atoms with Crippen molar-refractivity contribution in [2.24, 2.45) is 5.92 Å². The van der Waals surface area contributed by atoms with E-state index in [1.54, 1.807) is 24.4 Å². The maximum atomic E-state index is 11.9. The quantitative estimate of drug-likeness (QED) is 0.423. The van der Waals surface area contributed by atoms with Gasteiger partial charge in [0, 0.05) is 18.5 Å². The number of methoxy groups -OCH3 is 1. The molecule has 0 aliphatic heterocycles. The van der Waals surface area contributed by atoms with Crippen molar-refractivity contribution in [3.8, 4) is 0 Å². The maximum absolute atomic E-state index is 11.9. The molecule has 1 saturated carbocycles. The first-order valence-corrected chi connectivity index (χ1v) is 11.2. The number of unbranched alkanes of at least 4 members (excludes halogenated alkanes) is 1. The lowest BCUT2D eigenvalue weighted by Crippen LogP contribution is -2.10. The van der Waals surface area contributed by atoms with Crippen LogP contribution in [0.1, 0.15) is 79.3 Å². The van der Waals surface area contributed by atoms with Gasteiger partial charge in [-0.1, -0.05) is 51.2 Å². The van der Waals surface area contributed by atoms with E-state index in [1.807, 2.05) is 12.1 Å². The first kappa shape index (κ1) is 22.8. The number of carbonyl (C=O) groups is 2. The van der Waals surface area contributed by atoms with Crippen LogP contribution in [0.25, 0.3) is 6.08 Å². The van der Waals surface area contributed by atoms with Crippen LogP contribution in [0.4, 0.5) is 0 Å². The molecule has 3 rings (SSSR count). The molecule has 0 radical (unpaired) electrons. The second kappa shape index (κ2) is 10.9. The van der Waals surface area contributed by atoms with Crippen molar-refractivity contribution >= 4 is 18.0 Å². The fraction of sp³-hybridized carbons (Fsp3) is 0.480. The second-order valence-corrected chi connectivity index (χ2v) is 8.31. The number of rotatable bonds is 10. The van der Waals surface area contributed by atoms with Crippen molar-refractivity contribution < 1.29 is 19.4 Å². The summed E-state index contributed by atoms with van der Waals surface area (Å²) in [5.41, 5.74) is 2.80. The summed E-state index contributed by atoms with van der Waals surface area (Å²) in [6, 6.07) is 7.31. The zero-order valence-electron chi connectivity index (χ0n) is 18.5. The minimum absolute atomic E-state index is 0.362. The molecule has 0 spiro atoms. The molecule has 1 aliphatic carbocycles. The molecular formula is C25H32N2O4. The predicted molar refractivity (Wildman–Crippen MR) is 120 cm³/mol. The number of hydrogen-bond donors (Lipinski definition) is 1. The number of carboxylic acids is 1. The molecule has 1 N–H and O–H groups in total. The lowest BCUT2D eigenvalue weighted by atomic mass is 9.97. The van der Waals surface area contributed by atoms with Crippen molar-refractivity contribution in [1.82, 2.24) is 9.55 Å². The molecule has 0 atom stereocenters. The Hall–Kier alpha value is -2.89. The second-order valence-electron chi connectivity index (χ2n) is 8.31. The van der Waals surface area contributed by atoms with E-state index in [2.05, 4.69) is 16.5 Å². The van der Waals surface area contributed by atoms with Crippen LogP contribution in [0.15, 0.2) is 36.0 Å². The number of imidazole rings is 1. The summed E-state index contributed by atoms with van der Waals surface area (Å²) in [6.07, 6.45) is 11.7. The van der Waals surface area contributed by atoms with Crippen LogP contribution in [0.3, 0.4) is 0 Å². The molecule has 0 bridgehead atoms. The monoisotopic (exact) mass is 424 g/mol. The molecule has 0 unspecified atom stereocenters. The minimum atomic E-state index is -0.850. The Balaban J connectivity index is 1.88. The van der Waals surface area contributed by atoms with Crippen molar-refractivity contribution in [3.05, 3.63) is 58.7 Å². The summed E-state index contributed by atoms with van der Waals surface area (Å²) < 4.78 is 6.87. The molecule has 0 amide bonds. The number of hydrogen-bond acceptors (Lipinski definition) is 4. The number of carbonyl (C=O) groups excluding carboxylic acids is 1. The molecule has 6 heteroatoms. The van der Waals surface area contributed by atoms with E-state index < -0.39 is 5.97 Å². The predicted octanol–water partition coefficient (Wildman–Crippen LogP) is 5.11. The Morgan fingerprint density at radius 2 is 1.94 bits per heavy atom. The molecular weight excluding hydrogens is 392 g/mol. The lowest BCUT2D eigenvalue weighted by Gasteiger charge is -2.13. The van der Waals surface area contributed by atoms with Crippen LogP contribution in [-0.4, -0.2) is 33.7 Å². The van der Waals surface area contributed by atoms with Crippen molar-refractivity contribution in [2.45, 2.75) is 64.8 Å². The largest absolute Gasteiger partial charge is 0.478 e. The molecule has 1 aromatic heterocycles.